The van der Waals surface area contributed by atoms with Gasteiger partial charge in [0.05, 0.1) is 12.5 Å². The van der Waals surface area contributed by atoms with E-state index in [0.29, 0.717) is 6.04 Å². The maximum Gasteiger partial charge on any atom is 0.139 e. The molecule has 0 aliphatic rings. The van der Waals surface area contributed by atoms with Crippen molar-refractivity contribution >= 4 is 27.4 Å². The quantitative estimate of drug-likeness (QED) is 0.694. The molecule has 0 aliphatic carbocycles. The second kappa shape index (κ2) is 6.96. The summed E-state index contributed by atoms with van der Waals surface area (Å²) < 4.78 is 5.25. The van der Waals surface area contributed by atoms with E-state index in [1.54, 1.807) is 24.8 Å². The lowest BCUT2D eigenvalue weighted by atomic mass is 10.1. The van der Waals surface area contributed by atoms with Crippen molar-refractivity contribution in [2.75, 3.05) is 12.4 Å². The van der Waals surface area contributed by atoms with E-state index in [1.807, 2.05) is 12.1 Å². The lowest BCUT2D eigenvalue weighted by Gasteiger charge is -2.16. The highest BCUT2D eigenvalue weighted by Crippen LogP contribution is 2.37. The molecule has 1 aromatic carbocycles. The third kappa shape index (κ3) is 3.15. The van der Waals surface area contributed by atoms with Gasteiger partial charge in [0.25, 0.3) is 0 Å². The van der Waals surface area contributed by atoms with E-state index in [0.717, 1.165) is 40.2 Å². The number of anilines is 1. The Balaban J connectivity index is 2.06. The predicted molar refractivity (Wildman–Crippen MR) is 97.4 cm³/mol. The van der Waals surface area contributed by atoms with Crippen molar-refractivity contribution in [2.24, 2.45) is 0 Å². The van der Waals surface area contributed by atoms with Crippen LogP contribution in [0.3, 0.4) is 0 Å². The van der Waals surface area contributed by atoms with Crippen LogP contribution in [0.1, 0.15) is 26.7 Å². The average Bonchev–Trinajstić information content (AvgIpc) is 3.04. The van der Waals surface area contributed by atoms with Crippen molar-refractivity contribution in [3.8, 4) is 16.9 Å². The Labute approximate surface area is 140 Å². The van der Waals surface area contributed by atoms with E-state index in [2.05, 4.69) is 46.6 Å². The third-order valence-corrected chi connectivity index (χ3v) is 4.98. The highest BCUT2D eigenvalue weighted by Gasteiger charge is 2.15. The number of thiophene rings is 1. The SMILES string of the molecule is CCC(CC)Nc1ncnc2scc(-c3ccc(OC)cc3)c12. The van der Waals surface area contributed by atoms with Gasteiger partial charge in [0, 0.05) is 17.0 Å². The van der Waals surface area contributed by atoms with Gasteiger partial charge in [-0.05, 0) is 30.5 Å². The minimum atomic E-state index is 0.428. The molecule has 2 heterocycles. The molecule has 0 atom stereocenters. The zero-order valence-corrected chi connectivity index (χ0v) is 14.5. The Hall–Kier alpha value is -2.14. The number of hydrogen-bond acceptors (Lipinski definition) is 5. The topological polar surface area (TPSA) is 47.0 Å². The Morgan fingerprint density at radius 1 is 1.13 bits per heavy atom. The minimum absolute atomic E-state index is 0.428. The first-order valence-corrected chi connectivity index (χ1v) is 8.77. The average molecular weight is 327 g/mol. The normalized spacial score (nSPS) is 11.1. The lowest BCUT2D eigenvalue weighted by molar-refractivity contribution is 0.415. The van der Waals surface area contributed by atoms with Crippen LogP contribution in [0, 0.1) is 0 Å². The van der Waals surface area contributed by atoms with Crippen LogP contribution in [0.4, 0.5) is 5.82 Å². The molecule has 2 aromatic heterocycles. The van der Waals surface area contributed by atoms with E-state index in [1.165, 1.54) is 5.56 Å². The molecule has 0 fully saturated rings. The number of aromatic nitrogens is 2. The summed E-state index contributed by atoms with van der Waals surface area (Å²) in [5, 5.41) is 6.83. The zero-order chi connectivity index (χ0) is 16.2. The van der Waals surface area contributed by atoms with Gasteiger partial charge >= 0.3 is 0 Å². The fourth-order valence-electron chi connectivity index (χ4n) is 2.65. The van der Waals surface area contributed by atoms with Gasteiger partial charge in [-0.25, -0.2) is 9.97 Å². The molecule has 0 spiro atoms. The van der Waals surface area contributed by atoms with E-state index < -0.39 is 0 Å². The second-order valence-corrected chi connectivity index (χ2v) is 6.30. The van der Waals surface area contributed by atoms with Gasteiger partial charge in [0.15, 0.2) is 0 Å². The van der Waals surface area contributed by atoms with Crippen LogP contribution < -0.4 is 10.1 Å². The summed E-state index contributed by atoms with van der Waals surface area (Å²) in [5.74, 6) is 1.79. The molecule has 3 aromatic rings. The first kappa shape index (κ1) is 15.7. The molecule has 0 saturated carbocycles. The summed E-state index contributed by atoms with van der Waals surface area (Å²) in [6.07, 6.45) is 3.79. The Kier molecular flexibility index (Phi) is 4.76. The smallest absolute Gasteiger partial charge is 0.139 e. The van der Waals surface area contributed by atoms with Gasteiger partial charge in [0.1, 0.15) is 22.7 Å². The molecule has 0 unspecified atom stereocenters. The number of fused-ring (bicyclic) bond motifs is 1. The van der Waals surface area contributed by atoms with E-state index in [-0.39, 0.29) is 0 Å². The summed E-state index contributed by atoms with van der Waals surface area (Å²) in [7, 11) is 1.68. The number of methoxy groups -OCH3 is 1. The highest BCUT2D eigenvalue weighted by molar-refractivity contribution is 7.17. The van der Waals surface area contributed by atoms with Crippen molar-refractivity contribution in [2.45, 2.75) is 32.7 Å². The second-order valence-electron chi connectivity index (χ2n) is 5.44. The molecular formula is C18H21N3OS. The molecular weight excluding hydrogens is 306 g/mol. The molecule has 0 saturated heterocycles. The van der Waals surface area contributed by atoms with Crippen molar-refractivity contribution in [1.29, 1.82) is 0 Å². The van der Waals surface area contributed by atoms with Crippen LogP contribution in [-0.2, 0) is 0 Å². The summed E-state index contributed by atoms with van der Waals surface area (Å²) in [6, 6.07) is 8.55. The third-order valence-electron chi connectivity index (χ3n) is 4.10. The maximum atomic E-state index is 5.25. The molecule has 0 aliphatic heterocycles. The van der Waals surface area contributed by atoms with Crippen molar-refractivity contribution in [3.63, 3.8) is 0 Å². The van der Waals surface area contributed by atoms with Crippen LogP contribution in [-0.4, -0.2) is 23.1 Å². The summed E-state index contributed by atoms with van der Waals surface area (Å²) in [5.41, 5.74) is 2.32. The Bertz CT molecular complexity index is 779. The van der Waals surface area contributed by atoms with Crippen LogP contribution in [0.25, 0.3) is 21.3 Å². The number of ether oxygens (including phenoxy) is 1. The van der Waals surface area contributed by atoms with Gasteiger partial charge in [-0.3, -0.25) is 0 Å². The molecule has 5 heteroatoms. The number of nitrogens with one attached hydrogen (secondary N) is 1. The Morgan fingerprint density at radius 2 is 1.87 bits per heavy atom. The minimum Gasteiger partial charge on any atom is -0.497 e. The van der Waals surface area contributed by atoms with Crippen molar-refractivity contribution in [1.82, 2.24) is 9.97 Å². The van der Waals surface area contributed by atoms with E-state index in [4.69, 9.17) is 4.74 Å². The van der Waals surface area contributed by atoms with Crippen LogP contribution in [0.5, 0.6) is 5.75 Å². The van der Waals surface area contributed by atoms with E-state index in [9.17, 15) is 0 Å². The van der Waals surface area contributed by atoms with Crippen molar-refractivity contribution in [3.05, 3.63) is 36.0 Å². The Morgan fingerprint density at radius 3 is 2.52 bits per heavy atom. The summed E-state index contributed by atoms with van der Waals surface area (Å²) in [4.78, 5) is 9.93. The fraction of sp³-hybridized carbons (Fsp3) is 0.333. The fourth-order valence-corrected chi connectivity index (χ4v) is 3.57. The predicted octanol–water partition coefficient (Wildman–Crippen LogP) is 4.97. The number of hydrogen-bond donors (Lipinski definition) is 1. The highest BCUT2D eigenvalue weighted by atomic mass is 32.1. The number of benzene rings is 1. The number of nitrogens with zero attached hydrogens (tertiary/aromatic N) is 2. The standard InChI is InChI=1S/C18H21N3OS/c1-4-13(5-2)21-17-16-15(10-23-18(16)20-11-19-17)12-6-8-14(22-3)9-7-12/h6-11,13H,4-5H2,1-3H3,(H,19,20,21). The maximum absolute atomic E-state index is 5.25. The van der Waals surface area contributed by atoms with Gasteiger partial charge < -0.3 is 10.1 Å². The lowest BCUT2D eigenvalue weighted by Crippen LogP contribution is -2.18. The van der Waals surface area contributed by atoms with E-state index >= 15 is 0 Å². The molecule has 4 nitrogen and oxygen atoms in total. The van der Waals surface area contributed by atoms with Crippen LogP contribution >= 0.6 is 11.3 Å². The molecule has 0 bridgehead atoms. The van der Waals surface area contributed by atoms with Crippen LogP contribution in [0.15, 0.2) is 36.0 Å². The van der Waals surface area contributed by atoms with Gasteiger partial charge in [0.2, 0.25) is 0 Å². The van der Waals surface area contributed by atoms with Crippen LogP contribution in [0.2, 0.25) is 0 Å². The van der Waals surface area contributed by atoms with Crippen molar-refractivity contribution < 1.29 is 4.74 Å². The molecule has 1 N–H and O–H groups in total. The monoisotopic (exact) mass is 327 g/mol. The van der Waals surface area contributed by atoms with Gasteiger partial charge in [-0.1, -0.05) is 26.0 Å². The molecule has 120 valence electrons. The summed E-state index contributed by atoms with van der Waals surface area (Å²) in [6.45, 7) is 4.38. The first-order valence-electron chi connectivity index (χ1n) is 7.90. The first-order chi connectivity index (χ1) is 11.3. The summed E-state index contributed by atoms with van der Waals surface area (Å²) >= 11 is 1.65. The molecule has 3 rings (SSSR count). The van der Waals surface area contributed by atoms with Gasteiger partial charge in [-0.15, -0.1) is 11.3 Å². The molecule has 0 amide bonds. The van der Waals surface area contributed by atoms with Gasteiger partial charge in [-0.2, -0.15) is 0 Å². The largest absolute Gasteiger partial charge is 0.497 e. The molecule has 23 heavy (non-hydrogen) atoms. The molecule has 0 radical (unpaired) electrons. The zero-order valence-electron chi connectivity index (χ0n) is 13.7. The number of rotatable bonds is 6.